The highest BCUT2D eigenvalue weighted by atomic mass is 15.2. The van der Waals surface area contributed by atoms with E-state index in [4.69, 9.17) is 0 Å². The van der Waals surface area contributed by atoms with E-state index in [-0.39, 0.29) is 0 Å². The zero-order valence-electron chi connectivity index (χ0n) is 11.5. The van der Waals surface area contributed by atoms with E-state index in [0.29, 0.717) is 0 Å². The molecule has 2 heteroatoms. The number of fused-ring (bicyclic) bond motifs is 2. The molecule has 0 amide bonds. The molecule has 2 heterocycles. The second-order valence-electron chi connectivity index (χ2n) is 6.88. The first kappa shape index (κ1) is 12.0. The van der Waals surface area contributed by atoms with Crippen molar-refractivity contribution < 1.29 is 0 Å². The second kappa shape index (κ2) is 4.89. The van der Waals surface area contributed by atoms with Crippen LogP contribution in [0.25, 0.3) is 0 Å². The third kappa shape index (κ3) is 2.53. The number of nitrogens with zero attached hydrogens (tertiary/aromatic N) is 1. The Labute approximate surface area is 106 Å². The van der Waals surface area contributed by atoms with Gasteiger partial charge in [0.05, 0.1) is 0 Å². The smallest absolute Gasteiger partial charge is 0.0198 e. The molecule has 0 spiro atoms. The Balaban J connectivity index is 1.66. The lowest BCUT2D eigenvalue weighted by molar-refractivity contribution is 0.0862. The molecule has 0 aromatic heterocycles. The quantitative estimate of drug-likeness (QED) is 0.753. The maximum absolute atomic E-state index is 3.81. The minimum absolute atomic E-state index is 0.798. The maximum atomic E-state index is 3.81. The van der Waals surface area contributed by atoms with Gasteiger partial charge in [0.15, 0.2) is 0 Å². The van der Waals surface area contributed by atoms with Gasteiger partial charge >= 0.3 is 0 Å². The van der Waals surface area contributed by atoms with Crippen LogP contribution in [0, 0.1) is 11.8 Å². The van der Waals surface area contributed by atoms with Crippen molar-refractivity contribution in [2.45, 2.75) is 70.5 Å². The van der Waals surface area contributed by atoms with E-state index >= 15 is 0 Å². The van der Waals surface area contributed by atoms with Gasteiger partial charge in [0.2, 0.25) is 0 Å². The van der Waals surface area contributed by atoms with E-state index < -0.39 is 0 Å². The highest BCUT2D eigenvalue weighted by Crippen LogP contribution is 2.33. The van der Waals surface area contributed by atoms with Crippen LogP contribution in [0.2, 0.25) is 0 Å². The Morgan fingerprint density at radius 2 is 1.76 bits per heavy atom. The zero-order valence-corrected chi connectivity index (χ0v) is 11.5. The standard InChI is InChI=1S/C15H28N2/c1-11-3-4-12(2)15(9-11)17-8-7-13-5-6-14(10-17)16-13/h11-16H,3-10H2,1-2H3. The van der Waals surface area contributed by atoms with Crippen molar-refractivity contribution in [2.24, 2.45) is 11.8 Å². The Hall–Kier alpha value is -0.0800. The first-order valence-electron chi connectivity index (χ1n) is 7.72. The van der Waals surface area contributed by atoms with Gasteiger partial charge in [-0.1, -0.05) is 20.3 Å². The summed E-state index contributed by atoms with van der Waals surface area (Å²) in [5.74, 6) is 1.87. The summed E-state index contributed by atoms with van der Waals surface area (Å²) < 4.78 is 0. The number of rotatable bonds is 1. The van der Waals surface area contributed by atoms with Gasteiger partial charge in [-0.25, -0.2) is 0 Å². The molecule has 5 unspecified atom stereocenters. The minimum Gasteiger partial charge on any atom is -0.310 e. The maximum Gasteiger partial charge on any atom is 0.0198 e. The fourth-order valence-electron chi connectivity index (χ4n) is 4.28. The molecule has 2 bridgehead atoms. The summed E-state index contributed by atoms with van der Waals surface area (Å²) in [5, 5.41) is 3.81. The van der Waals surface area contributed by atoms with E-state index in [9.17, 15) is 0 Å². The summed E-state index contributed by atoms with van der Waals surface area (Å²) in [4.78, 5) is 2.83. The molecule has 5 atom stereocenters. The van der Waals surface area contributed by atoms with Crippen molar-refractivity contribution in [3.8, 4) is 0 Å². The van der Waals surface area contributed by atoms with Crippen molar-refractivity contribution in [1.29, 1.82) is 0 Å². The summed E-state index contributed by atoms with van der Waals surface area (Å²) in [6.45, 7) is 7.59. The van der Waals surface area contributed by atoms with E-state index in [2.05, 4.69) is 24.1 Å². The van der Waals surface area contributed by atoms with Crippen molar-refractivity contribution in [3.63, 3.8) is 0 Å². The Kier molecular flexibility index (Phi) is 3.45. The van der Waals surface area contributed by atoms with E-state index in [1.54, 1.807) is 0 Å². The monoisotopic (exact) mass is 236 g/mol. The number of likely N-dealkylation sites (tertiary alicyclic amines) is 1. The van der Waals surface area contributed by atoms with E-state index in [1.807, 2.05) is 0 Å². The molecule has 3 fully saturated rings. The lowest BCUT2D eigenvalue weighted by Crippen LogP contribution is -2.47. The summed E-state index contributed by atoms with van der Waals surface area (Å²) >= 11 is 0. The molecule has 0 aromatic carbocycles. The first-order valence-corrected chi connectivity index (χ1v) is 7.72. The van der Waals surface area contributed by atoms with Crippen LogP contribution >= 0.6 is 0 Å². The summed E-state index contributed by atoms with van der Waals surface area (Å²) in [6.07, 6.45) is 8.57. The lowest BCUT2D eigenvalue weighted by atomic mass is 9.79. The number of nitrogens with one attached hydrogen (secondary N) is 1. The van der Waals surface area contributed by atoms with Crippen molar-refractivity contribution in [2.75, 3.05) is 13.1 Å². The Morgan fingerprint density at radius 1 is 0.941 bits per heavy atom. The topological polar surface area (TPSA) is 15.3 Å². The predicted molar refractivity (Wildman–Crippen MR) is 72.1 cm³/mol. The average molecular weight is 236 g/mol. The highest BCUT2D eigenvalue weighted by molar-refractivity contribution is 4.93. The highest BCUT2D eigenvalue weighted by Gasteiger charge is 2.35. The summed E-state index contributed by atoms with van der Waals surface area (Å²) in [7, 11) is 0. The van der Waals surface area contributed by atoms with Gasteiger partial charge in [-0.05, 0) is 50.5 Å². The third-order valence-corrected chi connectivity index (χ3v) is 5.44. The molecule has 98 valence electrons. The molecule has 17 heavy (non-hydrogen) atoms. The van der Waals surface area contributed by atoms with Crippen LogP contribution in [0.4, 0.5) is 0 Å². The molecule has 2 aliphatic heterocycles. The van der Waals surface area contributed by atoms with Crippen LogP contribution in [-0.2, 0) is 0 Å². The largest absolute Gasteiger partial charge is 0.310 e. The zero-order chi connectivity index (χ0) is 11.8. The molecular weight excluding hydrogens is 208 g/mol. The second-order valence-corrected chi connectivity index (χ2v) is 6.88. The van der Waals surface area contributed by atoms with Crippen molar-refractivity contribution in [1.82, 2.24) is 10.2 Å². The van der Waals surface area contributed by atoms with Crippen LogP contribution in [0.15, 0.2) is 0 Å². The van der Waals surface area contributed by atoms with Gasteiger partial charge in [-0.3, -0.25) is 4.90 Å². The van der Waals surface area contributed by atoms with Crippen LogP contribution in [0.1, 0.15) is 52.4 Å². The third-order valence-electron chi connectivity index (χ3n) is 5.44. The number of hydrogen-bond acceptors (Lipinski definition) is 2. The van der Waals surface area contributed by atoms with Gasteiger partial charge < -0.3 is 5.32 Å². The molecule has 1 aliphatic carbocycles. The fraction of sp³-hybridized carbons (Fsp3) is 1.00. The molecule has 2 nitrogen and oxygen atoms in total. The van der Waals surface area contributed by atoms with Gasteiger partial charge in [-0.2, -0.15) is 0 Å². The van der Waals surface area contributed by atoms with Crippen molar-refractivity contribution >= 4 is 0 Å². The van der Waals surface area contributed by atoms with Crippen LogP contribution in [0.5, 0.6) is 0 Å². The Morgan fingerprint density at radius 3 is 2.65 bits per heavy atom. The average Bonchev–Trinajstić information content (AvgIpc) is 2.63. The molecule has 3 aliphatic rings. The molecule has 1 saturated carbocycles. The summed E-state index contributed by atoms with van der Waals surface area (Å²) in [5.41, 5.74) is 0. The minimum atomic E-state index is 0.798. The van der Waals surface area contributed by atoms with Crippen molar-refractivity contribution in [3.05, 3.63) is 0 Å². The normalized spacial score (nSPS) is 48.0. The lowest BCUT2D eigenvalue weighted by Gasteiger charge is -2.41. The van der Waals surface area contributed by atoms with E-state index in [0.717, 1.165) is 30.0 Å². The molecular formula is C15H28N2. The SMILES string of the molecule is CC1CCC(C)C(N2CCC3CCC(C2)N3)C1. The van der Waals surface area contributed by atoms with Crippen LogP contribution in [-0.4, -0.2) is 36.1 Å². The van der Waals surface area contributed by atoms with Crippen LogP contribution in [0.3, 0.4) is 0 Å². The van der Waals surface area contributed by atoms with Gasteiger partial charge in [-0.15, -0.1) is 0 Å². The molecule has 1 N–H and O–H groups in total. The van der Waals surface area contributed by atoms with Gasteiger partial charge in [0, 0.05) is 24.7 Å². The fourth-order valence-corrected chi connectivity index (χ4v) is 4.28. The number of hydrogen-bond donors (Lipinski definition) is 1. The molecule has 0 aromatic rings. The first-order chi connectivity index (χ1) is 8.22. The molecule has 0 radical (unpaired) electrons. The molecule has 3 rings (SSSR count). The van der Waals surface area contributed by atoms with Crippen LogP contribution < -0.4 is 5.32 Å². The van der Waals surface area contributed by atoms with Gasteiger partial charge in [0.25, 0.3) is 0 Å². The molecule has 2 saturated heterocycles. The van der Waals surface area contributed by atoms with Gasteiger partial charge in [0.1, 0.15) is 0 Å². The van der Waals surface area contributed by atoms with E-state index in [1.165, 1.54) is 51.6 Å². The predicted octanol–water partition coefficient (Wildman–Crippen LogP) is 2.64. The Bertz CT molecular complexity index is 266. The summed E-state index contributed by atoms with van der Waals surface area (Å²) in [6, 6.07) is 2.51.